The molecule has 0 N–H and O–H groups in total. The number of rotatable bonds is 1. The van der Waals surface area contributed by atoms with Crippen molar-refractivity contribution >= 4 is 17.7 Å². The first-order valence-corrected chi connectivity index (χ1v) is 4.42. The van der Waals surface area contributed by atoms with Crippen LogP contribution in [0.5, 0.6) is 0 Å². The molecule has 1 amide bonds. The van der Waals surface area contributed by atoms with Gasteiger partial charge in [0.25, 0.3) is 0 Å². The van der Waals surface area contributed by atoms with E-state index in [2.05, 4.69) is 4.74 Å². The Hall–Kier alpha value is -1.39. The molecule has 0 aromatic heterocycles. The fourth-order valence-electron chi connectivity index (χ4n) is 1.47. The summed E-state index contributed by atoms with van der Waals surface area (Å²) >= 11 is 0. The van der Waals surface area contributed by atoms with E-state index in [9.17, 15) is 14.4 Å². The lowest BCUT2D eigenvalue weighted by atomic mass is 9.96. The van der Waals surface area contributed by atoms with E-state index in [1.54, 1.807) is 0 Å². The summed E-state index contributed by atoms with van der Waals surface area (Å²) in [6.07, 6.45) is 0.235. The first kappa shape index (κ1) is 10.7. The molecule has 0 aromatic rings. The largest absolute Gasteiger partial charge is 0.468 e. The third kappa shape index (κ3) is 2.10. The summed E-state index contributed by atoms with van der Waals surface area (Å²) in [6.45, 7) is 1.98. The molecule has 0 bridgehead atoms. The first-order chi connectivity index (χ1) is 6.56. The van der Waals surface area contributed by atoms with Crippen molar-refractivity contribution in [2.75, 3.05) is 20.2 Å². The summed E-state index contributed by atoms with van der Waals surface area (Å²) in [5.74, 6) is -1.61. The number of ketones is 1. The quantitative estimate of drug-likeness (QED) is 0.425. The third-order valence-corrected chi connectivity index (χ3v) is 2.35. The number of hydrogen-bond donors (Lipinski definition) is 0. The molecule has 1 heterocycles. The topological polar surface area (TPSA) is 63.7 Å². The second kappa shape index (κ2) is 4.21. The highest BCUT2D eigenvalue weighted by Crippen LogP contribution is 2.14. The van der Waals surface area contributed by atoms with Gasteiger partial charge >= 0.3 is 5.97 Å². The summed E-state index contributed by atoms with van der Waals surface area (Å²) < 4.78 is 4.49. The van der Waals surface area contributed by atoms with E-state index in [4.69, 9.17) is 0 Å². The highest BCUT2D eigenvalue weighted by atomic mass is 16.5. The van der Waals surface area contributed by atoms with E-state index in [1.807, 2.05) is 0 Å². The number of carbonyl (C=O) groups excluding carboxylic acids is 3. The second-order valence-electron chi connectivity index (χ2n) is 3.26. The van der Waals surface area contributed by atoms with Gasteiger partial charge in [-0.1, -0.05) is 0 Å². The molecule has 1 atom stereocenters. The lowest BCUT2D eigenvalue weighted by Gasteiger charge is -2.29. The average molecular weight is 199 g/mol. The SMILES string of the molecule is COC(=O)C1CN(C(C)=O)CCC1=O. The maximum absolute atomic E-state index is 11.3. The average Bonchev–Trinajstić information content (AvgIpc) is 2.17. The molecule has 1 aliphatic heterocycles. The Morgan fingerprint density at radius 2 is 2.14 bits per heavy atom. The van der Waals surface area contributed by atoms with Gasteiger partial charge in [0.2, 0.25) is 5.91 Å². The van der Waals surface area contributed by atoms with Crippen LogP contribution in [-0.4, -0.2) is 42.8 Å². The molecule has 1 aliphatic rings. The predicted octanol–water partition coefficient (Wildman–Crippen LogP) is -0.403. The van der Waals surface area contributed by atoms with Gasteiger partial charge in [-0.05, 0) is 0 Å². The Morgan fingerprint density at radius 3 is 2.64 bits per heavy atom. The van der Waals surface area contributed by atoms with Gasteiger partial charge < -0.3 is 9.64 Å². The molecule has 1 rings (SSSR count). The summed E-state index contributed by atoms with van der Waals surface area (Å²) in [5.41, 5.74) is 0. The number of amides is 1. The lowest BCUT2D eigenvalue weighted by Crippen LogP contribution is -2.46. The third-order valence-electron chi connectivity index (χ3n) is 2.35. The molecule has 0 aliphatic carbocycles. The number of carbonyl (C=O) groups is 3. The molecule has 14 heavy (non-hydrogen) atoms. The molecule has 78 valence electrons. The summed E-state index contributed by atoms with van der Waals surface area (Å²) in [4.78, 5) is 35.0. The van der Waals surface area contributed by atoms with Gasteiger partial charge in [-0.3, -0.25) is 14.4 Å². The molecule has 1 fully saturated rings. The number of ether oxygens (including phenoxy) is 1. The van der Waals surface area contributed by atoms with Crippen molar-refractivity contribution in [3.63, 3.8) is 0 Å². The second-order valence-corrected chi connectivity index (χ2v) is 3.26. The van der Waals surface area contributed by atoms with Crippen molar-refractivity contribution in [1.82, 2.24) is 4.90 Å². The molecule has 1 saturated heterocycles. The van der Waals surface area contributed by atoms with Crippen molar-refractivity contribution in [1.29, 1.82) is 0 Å². The van der Waals surface area contributed by atoms with Crippen LogP contribution in [0.1, 0.15) is 13.3 Å². The molecular formula is C9H13NO4. The molecule has 0 radical (unpaired) electrons. The van der Waals surface area contributed by atoms with Crippen LogP contribution < -0.4 is 0 Å². The van der Waals surface area contributed by atoms with Crippen LogP contribution in [0.15, 0.2) is 0 Å². The molecule has 5 heteroatoms. The Labute approximate surface area is 82.0 Å². The minimum absolute atomic E-state index is 0.119. The van der Waals surface area contributed by atoms with Gasteiger partial charge in [-0.2, -0.15) is 0 Å². The van der Waals surface area contributed by atoms with Crippen LogP contribution in [0.25, 0.3) is 0 Å². The van der Waals surface area contributed by atoms with Crippen LogP contribution in [0.4, 0.5) is 0 Å². The standard InChI is InChI=1S/C9H13NO4/c1-6(11)10-4-3-8(12)7(5-10)9(13)14-2/h7H,3-5H2,1-2H3. The van der Waals surface area contributed by atoms with E-state index < -0.39 is 11.9 Å². The highest BCUT2D eigenvalue weighted by Gasteiger charge is 2.34. The van der Waals surface area contributed by atoms with Crippen LogP contribution in [0, 0.1) is 5.92 Å². The van der Waals surface area contributed by atoms with Crippen molar-refractivity contribution in [3.8, 4) is 0 Å². The number of methoxy groups -OCH3 is 1. The normalized spacial score (nSPS) is 22.0. The Morgan fingerprint density at radius 1 is 1.50 bits per heavy atom. The smallest absolute Gasteiger partial charge is 0.318 e. The van der Waals surface area contributed by atoms with Gasteiger partial charge in [0, 0.05) is 26.4 Å². The number of nitrogens with zero attached hydrogens (tertiary/aromatic N) is 1. The van der Waals surface area contributed by atoms with Gasteiger partial charge in [-0.15, -0.1) is 0 Å². The zero-order chi connectivity index (χ0) is 10.7. The first-order valence-electron chi connectivity index (χ1n) is 4.42. The number of Topliss-reactive ketones (excluding diaryl/α,β-unsaturated/α-hetero) is 1. The van der Waals surface area contributed by atoms with Crippen LogP contribution in [0.2, 0.25) is 0 Å². The fraction of sp³-hybridized carbons (Fsp3) is 0.667. The van der Waals surface area contributed by atoms with Crippen LogP contribution >= 0.6 is 0 Å². The van der Waals surface area contributed by atoms with Crippen LogP contribution in [0.3, 0.4) is 0 Å². The lowest BCUT2D eigenvalue weighted by molar-refractivity contribution is -0.153. The Kier molecular flexibility index (Phi) is 3.22. The molecule has 0 aromatic carbocycles. The van der Waals surface area contributed by atoms with E-state index in [0.29, 0.717) is 6.54 Å². The molecule has 0 spiro atoms. The minimum atomic E-state index is -0.794. The minimum Gasteiger partial charge on any atom is -0.468 e. The molecule has 1 unspecified atom stereocenters. The summed E-state index contributed by atoms with van der Waals surface area (Å²) in [6, 6.07) is 0. The summed E-state index contributed by atoms with van der Waals surface area (Å²) in [7, 11) is 1.24. The number of likely N-dealkylation sites (tertiary alicyclic amines) is 1. The zero-order valence-corrected chi connectivity index (χ0v) is 8.28. The number of esters is 1. The van der Waals surface area contributed by atoms with Gasteiger partial charge in [0.15, 0.2) is 5.78 Å². The van der Waals surface area contributed by atoms with E-state index in [-0.39, 0.29) is 24.7 Å². The maximum atomic E-state index is 11.3. The van der Waals surface area contributed by atoms with Crippen molar-refractivity contribution < 1.29 is 19.1 Å². The molecular weight excluding hydrogens is 186 g/mol. The fourth-order valence-corrected chi connectivity index (χ4v) is 1.47. The van der Waals surface area contributed by atoms with Gasteiger partial charge in [0.05, 0.1) is 7.11 Å². The molecule has 0 saturated carbocycles. The molecule has 5 nitrogen and oxygen atoms in total. The highest BCUT2D eigenvalue weighted by molar-refractivity contribution is 6.00. The van der Waals surface area contributed by atoms with E-state index in [0.717, 1.165) is 0 Å². The van der Waals surface area contributed by atoms with Crippen LogP contribution in [-0.2, 0) is 19.1 Å². The number of hydrogen-bond acceptors (Lipinski definition) is 4. The number of piperidine rings is 1. The maximum Gasteiger partial charge on any atom is 0.318 e. The van der Waals surface area contributed by atoms with Crippen molar-refractivity contribution in [2.24, 2.45) is 5.92 Å². The summed E-state index contributed by atoms with van der Waals surface area (Å²) in [5, 5.41) is 0. The van der Waals surface area contributed by atoms with Crippen molar-refractivity contribution in [3.05, 3.63) is 0 Å². The monoisotopic (exact) mass is 199 g/mol. The Balaban J connectivity index is 2.69. The van der Waals surface area contributed by atoms with E-state index in [1.165, 1.54) is 18.9 Å². The van der Waals surface area contributed by atoms with E-state index >= 15 is 0 Å². The Bertz CT molecular complexity index is 266. The zero-order valence-electron chi connectivity index (χ0n) is 8.28. The van der Waals surface area contributed by atoms with Crippen molar-refractivity contribution in [2.45, 2.75) is 13.3 Å². The van der Waals surface area contributed by atoms with Gasteiger partial charge in [0.1, 0.15) is 5.92 Å². The predicted molar refractivity (Wildman–Crippen MR) is 47.4 cm³/mol. The van der Waals surface area contributed by atoms with Gasteiger partial charge in [-0.25, -0.2) is 0 Å².